The Labute approximate surface area is 132 Å². The van der Waals surface area contributed by atoms with Crippen molar-refractivity contribution < 1.29 is 15.0 Å². The zero-order valence-electron chi connectivity index (χ0n) is 13.4. The van der Waals surface area contributed by atoms with E-state index in [2.05, 4.69) is 11.0 Å². The lowest BCUT2D eigenvalue weighted by Gasteiger charge is -2.27. The van der Waals surface area contributed by atoms with E-state index in [1.165, 1.54) is 5.57 Å². The first-order valence-corrected chi connectivity index (χ1v) is 7.81. The molecule has 1 fully saturated rings. The summed E-state index contributed by atoms with van der Waals surface area (Å²) in [4.78, 5) is 13.2. The third-order valence-electron chi connectivity index (χ3n) is 3.86. The number of carboxylic acids is 1. The van der Waals surface area contributed by atoms with Crippen LogP contribution in [0.15, 0.2) is 29.8 Å². The monoisotopic (exact) mass is 303 g/mol. The van der Waals surface area contributed by atoms with Gasteiger partial charge in [-0.05, 0) is 57.4 Å². The smallest absolute Gasteiger partial charge is 0.335 e. The number of carbonyl (C=O) groups is 1. The number of rotatable bonds is 4. The standard InChI is InChI=1S/C18H25NO3/c1-18(2,22)13-19-10-3-4-14(9-11-19)12-15-5-7-16(8-6-15)17(20)21/h5-8,12,22H,3-4,9-11,13H2,1-2H3,(H,20,21)/b14-12+. The van der Waals surface area contributed by atoms with Gasteiger partial charge in [-0.25, -0.2) is 4.79 Å². The van der Waals surface area contributed by atoms with Crippen LogP contribution < -0.4 is 0 Å². The molecule has 0 radical (unpaired) electrons. The summed E-state index contributed by atoms with van der Waals surface area (Å²) in [7, 11) is 0. The molecule has 1 aliphatic rings. The van der Waals surface area contributed by atoms with Crippen LogP contribution in [-0.2, 0) is 0 Å². The predicted molar refractivity (Wildman–Crippen MR) is 88.0 cm³/mol. The molecule has 1 saturated heterocycles. The summed E-state index contributed by atoms with van der Waals surface area (Å²) in [6, 6.07) is 7.00. The third-order valence-corrected chi connectivity index (χ3v) is 3.86. The fraction of sp³-hybridized carbons (Fsp3) is 0.500. The molecule has 0 bridgehead atoms. The number of benzene rings is 1. The Morgan fingerprint density at radius 3 is 2.50 bits per heavy atom. The van der Waals surface area contributed by atoms with Crippen LogP contribution >= 0.6 is 0 Å². The van der Waals surface area contributed by atoms with E-state index in [4.69, 9.17) is 5.11 Å². The quantitative estimate of drug-likeness (QED) is 0.897. The summed E-state index contributed by atoms with van der Waals surface area (Å²) >= 11 is 0. The average molecular weight is 303 g/mol. The van der Waals surface area contributed by atoms with Crippen LogP contribution in [0.2, 0.25) is 0 Å². The maximum absolute atomic E-state index is 10.9. The molecule has 4 nitrogen and oxygen atoms in total. The van der Waals surface area contributed by atoms with Crippen molar-refractivity contribution in [2.24, 2.45) is 0 Å². The van der Waals surface area contributed by atoms with Gasteiger partial charge in [-0.1, -0.05) is 23.8 Å². The van der Waals surface area contributed by atoms with Crippen LogP contribution in [0.3, 0.4) is 0 Å². The topological polar surface area (TPSA) is 60.8 Å². The molecule has 0 unspecified atom stereocenters. The van der Waals surface area contributed by atoms with Crippen molar-refractivity contribution >= 4 is 12.0 Å². The predicted octanol–water partition coefficient (Wildman–Crippen LogP) is 3.03. The van der Waals surface area contributed by atoms with Gasteiger partial charge in [0, 0.05) is 13.1 Å². The first-order valence-electron chi connectivity index (χ1n) is 7.81. The molecule has 1 aromatic rings. The summed E-state index contributed by atoms with van der Waals surface area (Å²) in [6.45, 7) is 6.37. The molecule has 0 aromatic heterocycles. The molecule has 0 spiro atoms. The molecule has 0 saturated carbocycles. The summed E-state index contributed by atoms with van der Waals surface area (Å²) in [6.07, 6.45) is 5.31. The number of likely N-dealkylation sites (tertiary alicyclic amines) is 1. The fourth-order valence-electron chi connectivity index (χ4n) is 2.88. The van der Waals surface area contributed by atoms with Crippen molar-refractivity contribution in [3.63, 3.8) is 0 Å². The second-order valence-electron chi connectivity index (χ2n) is 6.67. The normalized spacial score (nSPS) is 19.1. The molecule has 0 atom stereocenters. The molecule has 1 heterocycles. The number of hydrogen-bond acceptors (Lipinski definition) is 3. The number of aromatic carboxylic acids is 1. The molecular formula is C18H25NO3. The summed E-state index contributed by atoms with van der Waals surface area (Å²) in [5.41, 5.74) is 2.11. The van der Waals surface area contributed by atoms with Gasteiger partial charge in [-0.3, -0.25) is 0 Å². The number of hydrogen-bond donors (Lipinski definition) is 2. The highest BCUT2D eigenvalue weighted by molar-refractivity contribution is 5.87. The third kappa shape index (κ3) is 5.28. The zero-order chi connectivity index (χ0) is 16.2. The molecule has 4 heteroatoms. The van der Waals surface area contributed by atoms with Crippen molar-refractivity contribution in [2.75, 3.05) is 19.6 Å². The Morgan fingerprint density at radius 2 is 1.91 bits per heavy atom. The van der Waals surface area contributed by atoms with E-state index < -0.39 is 11.6 Å². The molecule has 2 N–H and O–H groups in total. The van der Waals surface area contributed by atoms with Gasteiger partial charge in [-0.15, -0.1) is 0 Å². The molecule has 1 aliphatic heterocycles. The van der Waals surface area contributed by atoms with Gasteiger partial charge in [-0.2, -0.15) is 0 Å². The number of β-amino-alcohol motifs (C(OH)–C–C–N with tert-alkyl or cyclic N) is 1. The molecule has 2 rings (SSSR count). The van der Waals surface area contributed by atoms with Crippen molar-refractivity contribution in [3.05, 3.63) is 41.0 Å². The minimum atomic E-state index is -0.893. The second-order valence-corrected chi connectivity index (χ2v) is 6.67. The minimum Gasteiger partial charge on any atom is -0.478 e. The number of aliphatic hydroxyl groups is 1. The van der Waals surface area contributed by atoms with E-state index in [1.807, 2.05) is 26.0 Å². The van der Waals surface area contributed by atoms with Crippen LogP contribution in [0, 0.1) is 0 Å². The lowest BCUT2D eigenvalue weighted by molar-refractivity contribution is 0.0376. The van der Waals surface area contributed by atoms with Crippen LogP contribution in [0.5, 0.6) is 0 Å². The van der Waals surface area contributed by atoms with Gasteiger partial charge in [0.2, 0.25) is 0 Å². The first-order chi connectivity index (χ1) is 10.3. The van der Waals surface area contributed by atoms with Crippen molar-refractivity contribution in [1.29, 1.82) is 0 Å². The average Bonchev–Trinajstić information content (AvgIpc) is 2.63. The highest BCUT2D eigenvalue weighted by Gasteiger charge is 2.20. The maximum Gasteiger partial charge on any atom is 0.335 e. The van der Waals surface area contributed by atoms with Gasteiger partial charge in [0.05, 0.1) is 11.2 Å². The van der Waals surface area contributed by atoms with Gasteiger partial charge < -0.3 is 15.1 Å². The van der Waals surface area contributed by atoms with E-state index in [-0.39, 0.29) is 0 Å². The lowest BCUT2D eigenvalue weighted by atomic mass is 10.0. The zero-order valence-corrected chi connectivity index (χ0v) is 13.4. The summed E-state index contributed by atoms with van der Waals surface area (Å²) < 4.78 is 0. The van der Waals surface area contributed by atoms with E-state index in [0.29, 0.717) is 12.1 Å². The van der Waals surface area contributed by atoms with Crippen molar-refractivity contribution in [1.82, 2.24) is 4.90 Å². The van der Waals surface area contributed by atoms with Crippen LogP contribution in [0.25, 0.3) is 6.08 Å². The Hall–Kier alpha value is -1.65. The Morgan fingerprint density at radius 1 is 1.23 bits per heavy atom. The number of carboxylic acid groups (broad SMARTS) is 1. The van der Waals surface area contributed by atoms with Gasteiger partial charge in [0.1, 0.15) is 0 Å². The van der Waals surface area contributed by atoms with Crippen molar-refractivity contribution in [3.8, 4) is 0 Å². The summed E-state index contributed by atoms with van der Waals surface area (Å²) in [5, 5.41) is 18.8. The van der Waals surface area contributed by atoms with E-state index in [1.54, 1.807) is 12.1 Å². The molecule has 120 valence electrons. The van der Waals surface area contributed by atoms with E-state index >= 15 is 0 Å². The van der Waals surface area contributed by atoms with E-state index in [9.17, 15) is 9.90 Å². The van der Waals surface area contributed by atoms with Crippen LogP contribution in [0.4, 0.5) is 0 Å². The molecule has 1 aromatic carbocycles. The van der Waals surface area contributed by atoms with Gasteiger partial charge in [0.25, 0.3) is 0 Å². The Kier molecular flexibility index (Phi) is 5.37. The van der Waals surface area contributed by atoms with Crippen LogP contribution in [0.1, 0.15) is 49.0 Å². The number of nitrogens with zero attached hydrogens (tertiary/aromatic N) is 1. The summed E-state index contributed by atoms with van der Waals surface area (Å²) in [5.74, 6) is -0.893. The van der Waals surface area contributed by atoms with E-state index in [0.717, 1.165) is 37.9 Å². The fourth-order valence-corrected chi connectivity index (χ4v) is 2.88. The van der Waals surface area contributed by atoms with Gasteiger partial charge in [0.15, 0.2) is 0 Å². The molecular weight excluding hydrogens is 278 g/mol. The highest BCUT2D eigenvalue weighted by atomic mass is 16.4. The minimum absolute atomic E-state index is 0.319. The molecule has 22 heavy (non-hydrogen) atoms. The SMILES string of the molecule is CC(C)(O)CN1CCC/C(=C\c2ccc(C(=O)O)cc2)CC1. The highest BCUT2D eigenvalue weighted by Crippen LogP contribution is 2.21. The molecule has 0 amide bonds. The lowest BCUT2D eigenvalue weighted by Crippen LogP contribution is -2.39. The Bertz CT molecular complexity index is 540. The maximum atomic E-state index is 10.9. The van der Waals surface area contributed by atoms with Crippen LogP contribution in [-0.4, -0.2) is 46.3 Å². The Balaban J connectivity index is 1.99. The second kappa shape index (κ2) is 7.07. The van der Waals surface area contributed by atoms with Gasteiger partial charge >= 0.3 is 5.97 Å². The van der Waals surface area contributed by atoms with Crippen molar-refractivity contribution in [2.45, 2.75) is 38.7 Å². The molecule has 0 aliphatic carbocycles. The largest absolute Gasteiger partial charge is 0.478 e. The first kappa shape index (κ1) is 16.7.